The molecule has 0 atom stereocenters. The third-order valence-electron chi connectivity index (χ3n) is 4.22. The highest BCUT2D eigenvalue weighted by Gasteiger charge is 2.15. The quantitative estimate of drug-likeness (QED) is 0.346. The molecule has 26 heavy (non-hydrogen) atoms. The summed E-state index contributed by atoms with van der Waals surface area (Å²) in [6, 6.07) is 15.7. The maximum Gasteiger partial charge on any atom is 0.192 e. The molecule has 5 heteroatoms. The first-order chi connectivity index (χ1) is 12.6. The van der Waals surface area contributed by atoms with Crippen molar-refractivity contribution >= 4 is 17.5 Å². The standard InChI is InChI=1S/C21H21N3OS/c1-4-12-24-20(17-8-6-5-7-9-17)22-23-21(24)26-14-19(25)18-11-10-15(2)16(3)13-18/h4-11,13H,1,12,14H2,2-3H3. The molecule has 3 aromatic rings. The summed E-state index contributed by atoms with van der Waals surface area (Å²) in [6.45, 7) is 8.48. The summed E-state index contributed by atoms with van der Waals surface area (Å²) in [6.07, 6.45) is 1.81. The van der Waals surface area contributed by atoms with Gasteiger partial charge in [0.15, 0.2) is 16.8 Å². The fraction of sp³-hybridized carbons (Fsp3) is 0.190. The SMILES string of the molecule is C=CCn1c(SCC(=O)c2ccc(C)c(C)c2)nnc1-c1ccccc1. The molecule has 4 nitrogen and oxygen atoms in total. The molecular formula is C21H21N3OS. The number of Topliss-reactive ketones (excluding diaryl/α,β-unsaturated/α-hetero) is 1. The molecule has 0 N–H and O–H groups in total. The second-order valence-electron chi connectivity index (χ2n) is 6.08. The summed E-state index contributed by atoms with van der Waals surface area (Å²) in [7, 11) is 0. The molecule has 0 saturated heterocycles. The zero-order valence-electron chi connectivity index (χ0n) is 15.0. The van der Waals surface area contributed by atoms with E-state index in [0.717, 1.165) is 27.7 Å². The zero-order chi connectivity index (χ0) is 18.5. The Morgan fingerprint density at radius 1 is 1.12 bits per heavy atom. The van der Waals surface area contributed by atoms with E-state index < -0.39 is 0 Å². The summed E-state index contributed by atoms with van der Waals surface area (Å²) in [4.78, 5) is 12.5. The Morgan fingerprint density at radius 2 is 1.88 bits per heavy atom. The molecule has 0 aliphatic heterocycles. The number of allylic oxidation sites excluding steroid dienone is 1. The van der Waals surface area contributed by atoms with Gasteiger partial charge in [0, 0.05) is 17.7 Å². The van der Waals surface area contributed by atoms with Gasteiger partial charge in [0.25, 0.3) is 0 Å². The van der Waals surface area contributed by atoms with Crippen molar-refractivity contribution in [1.82, 2.24) is 14.8 Å². The normalized spacial score (nSPS) is 10.7. The van der Waals surface area contributed by atoms with Crippen LogP contribution in [0.15, 0.2) is 66.3 Å². The van der Waals surface area contributed by atoms with Gasteiger partial charge >= 0.3 is 0 Å². The Labute approximate surface area is 158 Å². The molecule has 0 unspecified atom stereocenters. The van der Waals surface area contributed by atoms with Crippen molar-refractivity contribution in [2.75, 3.05) is 5.75 Å². The predicted molar refractivity (Wildman–Crippen MR) is 107 cm³/mol. The highest BCUT2D eigenvalue weighted by Crippen LogP contribution is 2.24. The lowest BCUT2D eigenvalue weighted by atomic mass is 10.0. The minimum atomic E-state index is 0.0903. The Hall–Kier alpha value is -2.66. The molecule has 0 aliphatic rings. The van der Waals surface area contributed by atoms with Crippen LogP contribution in [-0.4, -0.2) is 26.3 Å². The van der Waals surface area contributed by atoms with Crippen molar-refractivity contribution in [2.24, 2.45) is 0 Å². The van der Waals surface area contributed by atoms with Crippen LogP contribution < -0.4 is 0 Å². The Bertz CT molecular complexity index is 932. The van der Waals surface area contributed by atoms with E-state index in [9.17, 15) is 4.79 Å². The molecule has 1 heterocycles. The molecule has 3 rings (SSSR count). The first kappa shape index (κ1) is 18.1. The lowest BCUT2D eigenvalue weighted by Gasteiger charge is -2.08. The Kier molecular flexibility index (Phi) is 5.68. The molecule has 0 aliphatic carbocycles. The van der Waals surface area contributed by atoms with Crippen LogP contribution in [0.2, 0.25) is 0 Å². The van der Waals surface area contributed by atoms with E-state index in [1.54, 1.807) is 0 Å². The van der Waals surface area contributed by atoms with E-state index in [-0.39, 0.29) is 5.78 Å². The first-order valence-electron chi connectivity index (χ1n) is 8.43. The average Bonchev–Trinajstić information content (AvgIpc) is 3.06. The van der Waals surface area contributed by atoms with Crippen LogP contribution in [0.3, 0.4) is 0 Å². The Morgan fingerprint density at radius 3 is 2.58 bits per heavy atom. The third kappa shape index (κ3) is 3.94. The third-order valence-corrected chi connectivity index (χ3v) is 5.19. The monoisotopic (exact) mass is 363 g/mol. The van der Waals surface area contributed by atoms with Gasteiger partial charge in [-0.2, -0.15) is 0 Å². The maximum atomic E-state index is 12.5. The Balaban J connectivity index is 1.79. The van der Waals surface area contributed by atoms with Gasteiger partial charge in [-0.1, -0.05) is 60.3 Å². The molecule has 0 amide bonds. The topological polar surface area (TPSA) is 47.8 Å². The van der Waals surface area contributed by atoms with Gasteiger partial charge in [-0.15, -0.1) is 16.8 Å². The summed E-state index contributed by atoms with van der Waals surface area (Å²) < 4.78 is 1.99. The predicted octanol–water partition coefficient (Wildman–Crippen LogP) is 4.72. The average molecular weight is 363 g/mol. The van der Waals surface area contributed by atoms with E-state index in [1.807, 2.05) is 73.0 Å². The van der Waals surface area contributed by atoms with Gasteiger partial charge in [0.2, 0.25) is 0 Å². The van der Waals surface area contributed by atoms with Crippen LogP contribution in [0.25, 0.3) is 11.4 Å². The number of ketones is 1. The van der Waals surface area contributed by atoms with Crippen LogP contribution in [0.5, 0.6) is 0 Å². The number of thioether (sulfide) groups is 1. The van der Waals surface area contributed by atoms with Crippen LogP contribution in [0, 0.1) is 13.8 Å². The zero-order valence-corrected chi connectivity index (χ0v) is 15.8. The minimum absolute atomic E-state index is 0.0903. The summed E-state index contributed by atoms with van der Waals surface area (Å²) in [5, 5.41) is 9.32. The largest absolute Gasteiger partial charge is 0.298 e. The summed E-state index contributed by atoms with van der Waals surface area (Å²) in [5.74, 6) is 1.20. The van der Waals surface area contributed by atoms with Gasteiger partial charge in [-0.3, -0.25) is 9.36 Å². The number of carbonyl (C=O) groups is 1. The number of aromatic nitrogens is 3. The molecule has 2 aromatic carbocycles. The first-order valence-corrected chi connectivity index (χ1v) is 9.41. The lowest BCUT2D eigenvalue weighted by Crippen LogP contribution is -2.06. The molecule has 0 saturated carbocycles. The van der Waals surface area contributed by atoms with E-state index in [1.165, 1.54) is 17.3 Å². The van der Waals surface area contributed by atoms with E-state index in [2.05, 4.69) is 16.8 Å². The number of hydrogen-bond acceptors (Lipinski definition) is 4. The number of carbonyl (C=O) groups excluding carboxylic acids is 1. The second-order valence-corrected chi connectivity index (χ2v) is 7.02. The highest BCUT2D eigenvalue weighted by atomic mass is 32.2. The smallest absolute Gasteiger partial charge is 0.192 e. The number of rotatable bonds is 7. The molecular weight excluding hydrogens is 342 g/mol. The fourth-order valence-electron chi connectivity index (χ4n) is 2.62. The van der Waals surface area contributed by atoms with Crippen molar-refractivity contribution in [3.63, 3.8) is 0 Å². The van der Waals surface area contributed by atoms with Crippen molar-refractivity contribution in [3.8, 4) is 11.4 Å². The van der Waals surface area contributed by atoms with Crippen LogP contribution in [0.1, 0.15) is 21.5 Å². The summed E-state index contributed by atoms with van der Waals surface area (Å²) in [5.41, 5.74) is 4.04. The number of nitrogens with zero attached hydrogens (tertiary/aromatic N) is 3. The fourth-order valence-corrected chi connectivity index (χ4v) is 3.46. The molecule has 0 radical (unpaired) electrons. The molecule has 0 fully saturated rings. The molecule has 132 valence electrons. The molecule has 0 bridgehead atoms. The number of benzene rings is 2. The molecule has 0 spiro atoms. The number of hydrogen-bond donors (Lipinski definition) is 0. The molecule has 1 aromatic heterocycles. The van der Waals surface area contributed by atoms with Gasteiger partial charge in [0.05, 0.1) is 5.75 Å². The van der Waals surface area contributed by atoms with Crippen molar-refractivity contribution in [2.45, 2.75) is 25.5 Å². The number of aryl methyl sites for hydroxylation is 2. The van der Waals surface area contributed by atoms with E-state index in [0.29, 0.717) is 12.3 Å². The van der Waals surface area contributed by atoms with Gasteiger partial charge in [-0.25, -0.2) is 0 Å². The van der Waals surface area contributed by atoms with Gasteiger partial charge in [0.1, 0.15) is 0 Å². The van der Waals surface area contributed by atoms with Crippen LogP contribution >= 0.6 is 11.8 Å². The minimum Gasteiger partial charge on any atom is -0.298 e. The van der Waals surface area contributed by atoms with Gasteiger partial charge < -0.3 is 0 Å². The van der Waals surface area contributed by atoms with E-state index >= 15 is 0 Å². The van der Waals surface area contributed by atoms with Crippen molar-refractivity contribution < 1.29 is 4.79 Å². The van der Waals surface area contributed by atoms with Crippen LogP contribution in [-0.2, 0) is 6.54 Å². The summed E-state index contributed by atoms with van der Waals surface area (Å²) >= 11 is 1.41. The van der Waals surface area contributed by atoms with Gasteiger partial charge in [-0.05, 0) is 31.0 Å². The van der Waals surface area contributed by atoms with Crippen molar-refractivity contribution in [3.05, 3.63) is 77.9 Å². The van der Waals surface area contributed by atoms with Crippen LogP contribution in [0.4, 0.5) is 0 Å². The lowest BCUT2D eigenvalue weighted by molar-refractivity contribution is 0.102. The van der Waals surface area contributed by atoms with Crippen molar-refractivity contribution in [1.29, 1.82) is 0 Å². The maximum absolute atomic E-state index is 12.5. The van der Waals surface area contributed by atoms with E-state index in [4.69, 9.17) is 0 Å². The highest BCUT2D eigenvalue weighted by molar-refractivity contribution is 7.99. The second kappa shape index (κ2) is 8.15.